The Morgan fingerprint density at radius 2 is 2.12 bits per heavy atom. The van der Waals surface area contributed by atoms with Gasteiger partial charge in [0.05, 0.1) is 23.5 Å². The number of aliphatic carboxylic acids is 1. The number of rotatable bonds is 6. The van der Waals surface area contributed by atoms with Gasteiger partial charge in [0.25, 0.3) is 0 Å². The van der Waals surface area contributed by atoms with Crippen molar-refractivity contribution in [2.75, 3.05) is 20.2 Å². The fourth-order valence-electron chi connectivity index (χ4n) is 3.42. The lowest BCUT2D eigenvalue weighted by Crippen LogP contribution is -2.55. The van der Waals surface area contributed by atoms with Gasteiger partial charge in [0, 0.05) is 13.1 Å². The number of methoxy groups -OCH3 is 1. The fraction of sp³-hybridized carbons (Fsp3) is 0.588. The third-order valence-electron chi connectivity index (χ3n) is 4.95. The Hall–Kier alpha value is -1.64. The molecule has 0 amide bonds. The van der Waals surface area contributed by atoms with E-state index in [1.807, 2.05) is 6.92 Å². The number of aliphatic hydroxyl groups excluding tert-OH is 1. The predicted octanol–water partition coefficient (Wildman–Crippen LogP) is 1.63. The molecule has 0 unspecified atom stereocenters. The Morgan fingerprint density at radius 3 is 2.60 bits per heavy atom. The van der Waals surface area contributed by atoms with Crippen LogP contribution in [0.1, 0.15) is 31.7 Å². The molecule has 1 fully saturated rings. The molecular weight excluding hydrogens is 346 g/mol. The van der Waals surface area contributed by atoms with Gasteiger partial charge in [0.15, 0.2) is 0 Å². The molecule has 0 bridgehead atoms. The molecule has 1 saturated heterocycles. The fourth-order valence-corrected chi connectivity index (χ4v) is 4.96. The number of β-amino-alcohol motifs (C(OH)–C–C–N with tert-alkyl or cyclic N) is 1. The molecule has 7 nitrogen and oxygen atoms in total. The van der Waals surface area contributed by atoms with Crippen LogP contribution >= 0.6 is 0 Å². The zero-order valence-corrected chi connectivity index (χ0v) is 15.5. The highest BCUT2D eigenvalue weighted by molar-refractivity contribution is 7.89. The Labute approximate surface area is 148 Å². The lowest BCUT2D eigenvalue weighted by Gasteiger charge is -2.42. The number of aryl methyl sites for hydroxylation is 1. The lowest BCUT2D eigenvalue weighted by atomic mass is 9.73. The third kappa shape index (κ3) is 3.51. The van der Waals surface area contributed by atoms with Crippen molar-refractivity contribution in [3.8, 4) is 5.75 Å². The van der Waals surface area contributed by atoms with E-state index in [2.05, 4.69) is 0 Å². The van der Waals surface area contributed by atoms with E-state index in [0.29, 0.717) is 24.2 Å². The Bertz CT molecular complexity index is 748. The van der Waals surface area contributed by atoms with Gasteiger partial charge in [-0.3, -0.25) is 4.79 Å². The van der Waals surface area contributed by atoms with Crippen molar-refractivity contribution >= 4 is 16.0 Å². The van der Waals surface area contributed by atoms with Gasteiger partial charge in [-0.2, -0.15) is 4.31 Å². The van der Waals surface area contributed by atoms with Gasteiger partial charge in [0.1, 0.15) is 5.75 Å². The van der Waals surface area contributed by atoms with Gasteiger partial charge in [-0.15, -0.1) is 0 Å². The van der Waals surface area contributed by atoms with Gasteiger partial charge in [0.2, 0.25) is 10.0 Å². The molecule has 2 rings (SSSR count). The third-order valence-corrected chi connectivity index (χ3v) is 6.81. The quantitative estimate of drug-likeness (QED) is 0.788. The molecule has 0 aliphatic carbocycles. The minimum atomic E-state index is -3.81. The zero-order chi connectivity index (χ0) is 18.8. The minimum absolute atomic E-state index is 0.0662. The number of nitrogens with zero attached hydrogens (tertiary/aromatic N) is 1. The summed E-state index contributed by atoms with van der Waals surface area (Å²) in [7, 11) is -2.30. The largest absolute Gasteiger partial charge is 0.496 e. The van der Waals surface area contributed by atoms with Crippen LogP contribution in [-0.4, -0.2) is 55.2 Å². The smallest absolute Gasteiger partial charge is 0.312 e. The molecule has 140 valence electrons. The molecular formula is C17H25NO6S. The second kappa shape index (κ2) is 7.31. The van der Waals surface area contributed by atoms with Crippen LogP contribution in [0.25, 0.3) is 0 Å². The first-order valence-electron chi connectivity index (χ1n) is 8.25. The van der Waals surface area contributed by atoms with Crippen LogP contribution in [0.2, 0.25) is 0 Å². The molecule has 1 aromatic rings. The standard InChI is InChI=1S/C17H25NO6S/c1-4-7-17(16(20)21)8-9-18(11-15(17)19)25(22,23)13-5-6-14(24-3)12(2)10-13/h5-6,10,15,19H,4,7-9,11H2,1-3H3,(H,20,21)/t15-,17-/m0/s1. The van der Waals surface area contributed by atoms with Crippen molar-refractivity contribution in [3.63, 3.8) is 0 Å². The maximum atomic E-state index is 12.8. The Balaban J connectivity index is 2.28. The summed E-state index contributed by atoms with van der Waals surface area (Å²) in [5.74, 6) is -0.482. The summed E-state index contributed by atoms with van der Waals surface area (Å²) in [6, 6.07) is 4.56. The number of carboxylic acids is 1. The van der Waals surface area contributed by atoms with E-state index in [1.165, 1.54) is 19.2 Å². The van der Waals surface area contributed by atoms with Crippen molar-refractivity contribution < 1.29 is 28.2 Å². The van der Waals surface area contributed by atoms with E-state index < -0.39 is 27.5 Å². The van der Waals surface area contributed by atoms with Crippen LogP contribution in [0.3, 0.4) is 0 Å². The van der Waals surface area contributed by atoms with Crippen molar-refractivity contribution in [1.29, 1.82) is 0 Å². The number of carboxylic acid groups (broad SMARTS) is 1. The number of carbonyl (C=O) groups is 1. The van der Waals surface area contributed by atoms with Crippen LogP contribution in [0.5, 0.6) is 5.75 Å². The van der Waals surface area contributed by atoms with E-state index in [4.69, 9.17) is 4.74 Å². The summed E-state index contributed by atoms with van der Waals surface area (Å²) in [6.07, 6.45) is -0.230. The monoisotopic (exact) mass is 371 g/mol. The first-order chi connectivity index (χ1) is 11.7. The number of aliphatic hydroxyl groups is 1. The zero-order valence-electron chi connectivity index (χ0n) is 14.7. The predicted molar refractivity (Wildman–Crippen MR) is 92.1 cm³/mol. The molecule has 8 heteroatoms. The summed E-state index contributed by atoms with van der Waals surface area (Å²) in [4.78, 5) is 11.8. The van der Waals surface area contributed by atoms with E-state index in [-0.39, 0.29) is 24.4 Å². The summed E-state index contributed by atoms with van der Waals surface area (Å²) in [6.45, 7) is 3.44. The summed E-state index contributed by atoms with van der Waals surface area (Å²) >= 11 is 0. The number of sulfonamides is 1. The van der Waals surface area contributed by atoms with Gasteiger partial charge < -0.3 is 14.9 Å². The van der Waals surface area contributed by atoms with Crippen LogP contribution in [0.4, 0.5) is 0 Å². The number of piperidine rings is 1. The first kappa shape index (κ1) is 19.7. The number of hydrogen-bond donors (Lipinski definition) is 2. The minimum Gasteiger partial charge on any atom is -0.496 e. The maximum Gasteiger partial charge on any atom is 0.312 e. The van der Waals surface area contributed by atoms with E-state index in [1.54, 1.807) is 13.0 Å². The van der Waals surface area contributed by atoms with Gasteiger partial charge in [-0.05, 0) is 43.5 Å². The van der Waals surface area contributed by atoms with Crippen molar-refractivity contribution in [2.45, 2.75) is 44.1 Å². The summed E-state index contributed by atoms with van der Waals surface area (Å²) in [5, 5.41) is 20.0. The van der Waals surface area contributed by atoms with Crippen LogP contribution in [0, 0.1) is 12.3 Å². The Morgan fingerprint density at radius 1 is 1.44 bits per heavy atom. The molecule has 1 aliphatic rings. The average molecular weight is 371 g/mol. The van der Waals surface area contributed by atoms with Gasteiger partial charge in [-0.25, -0.2) is 8.42 Å². The van der Waals surface area contributed by atoms with Crippen LogP contribution < -0.4 is 4.74 Å². The maximum absolute atomic E-state index is 12.8. The molecule has 1 heterocycles. The van der Waals surface area contributed by atoms with Crippen molar-refractivity contribution in [2.24, 2.45) is 5.41 Å². The highest BCUT2D eigenvalue weighted by Gasteiger charge is 2.49. The molecule has 2 N–H and O–H groups in total. The van der Waals surface area contributed by atoms with E-state index >= 15 is 0 Å². The summed E-state index contributed by atoms with van der Waals surface area (Å²) in [5.41, 5.74) is -0.594. The average Bonchev–Trinajstić information content (AvgIpc) is 2.56. The number of ether oxygens (including phenoxy) is 1. The highest BCUT2D eigenvalue weighted by Crippen LogP contribution is 2.38. The molecule has 1 aliphatic heterocycles. The topological polar surface area (TPSA) is 104 Å². The highest BCUT2D eigenvalue weighted by atomic mass is 32.2. The molecule has 0 spiro atoms. The first-order valence-corrected chi connectivity index (χ1v) is 9.69. The normalized spacial score (nSPS) is 24.9. The molecule has 0 aromatic heterocycles. The summed E-state index contributed by atoms with van der Waals surface area (Å²) < 4.78 is 32.0. The second-order valence-corrected chi connectivity index (χ2v) is 8.41. The van der Waals surface area contributed by atoms with Gasteiger partial charge in [-0.1, -0.05) is 13.3 Å². The SMILES string of the molecule is CCC[C@]1(C(=O)O)CCN(S(=O)(=O)c2ccc(OC)c(C)c2)C[C@@H]1O. The molecule has 25 heavy (non-hydrogen) atoms. The number of benzene rings is 1. The second-order valence-electron chi connectivity index (χ2n) is 6.47. The van der Waals surface area contributed by atoms with Gasteiger partial charge >= 0.3 is 5.97 Å². The number of hydrogen-bond acceptors (Lipinski definition) is 5. The van der Waals surface area contributed by atoms with E-state index in [0.717, 1.165) is 4.31 Å². The molecule has 2 atom stereocenters. The Kier molecular flexibility index (Phi) is 5.75. The molecule has 1 aromatic carbocycles. The van der Waals surface area contributed by atoms with Crippen LogP contribution in [-0.2, 0) is 14.8 Å². The van der Waals surface area contributed by atoms with Crippen molar-refractivity contribution in [3.05, 3.63) is 23.8 Å². The molecule has 0 radical (unpaired) electrons. The lowest BCUT2D eigenvalue weighted by molar-refractivity contribution is -0.162. The van der Waals surface area contributed by atoms with Crippen molar-refractivity contribution in [1.82, 2.24) is 4.31 Å². The van der Waals surface area contributed by atoms with E-state index in [9.17, 15) is 23.4 Å². The van der Waals surface area contributed by atoms with Crippen LogP contribution in [0.15, 0.2) is 23.1 Å². The molecule has 0 saturated carbocycles.